The number of hydrogen-bond donors (Lipinski definition) is 0. The lowest BCUT2D eigenvalue weighted by Crippen LogP contribution is -1.98. The van der Waals surface area contributed by atoms with Crippen molar-refractivity contribution in [2.45, 2.75) is 11.2 Å². The van der Waals surface area contributed by atoms with E-state index in [1.54, 1.807) is 0 Å². The van der Waals surface area contributed by atoms with Crippen molar-refractivity contribution in [1.29, 1.82) is 0 Å². The highest BCUT2D eigenvalue weighted by Gasteiger charge is 2.17. The van der Waals surface area contributed by atoms with E-state index in [2.05, 4.69) is 84.8 Å². The van der Waals surface area contributed by atoms with Crippen LogP contribution in [0.2, 0.25) is 0 Å². The molecule has 1 unspecified atom stereocenters. The first-order chi connectivity index (χ1) is 10.1. The lowest BCUT2D eigenvalue weighted by Gasteiger charge is -2.15. The monoisotopic (exact) mass is 522 g/mol. The van der Waals surface area contributed by atoms with Crippen LogP contribution in [0.1, 0.15) is 22.4 Å². The van der Waals surface area contributed by atoms with E-state index >= 15 is 0 Å². The Morgan fingerprint density at radius 1 is 1.00 bits per heavy atom. The van der Waals surface area contributed by atoms with Crippen LogP contribution in [-0.2, 0) is 0 Å². The molecule has 0 aromatic heterocycles. The Bertz CT molecular complexity index is 661. The predicted octanol–water partition coefficient (Wildman–Crippen LogP) is 5.70. The lowest BCUT2D eigenvalue weighted by atomic mass is 10.0. The Morgan fingerprint density at radius 3 is 2.57 bits per heavy atom. The van der Waals surface area contributed by atoms with Gasteiger partial charge in [-0.2, -0.15) is 0 Å². The van der Waals surface area contributed by atoms with Crippen LogP contribution in [0.4, 0.5) is 0 Å². The van der Waals surface area contributed by atoms with Gasteiger partial charge in [0.1, 0.15) is 0 Å². The number of halogens is 3. The molecule has 5 heteroatoms. The largest absolute Gasteiger partial charge is 0.490 e. The lowest BCUT2D eigenvalue weighted by molar-refractivity contribution is 0.297. The second kappa shape index (κ2) is 6.87. The fourth-order valence-corrected chi connectivity index (χ4v) is 4.19. The van der Waals surface area contributed by atoms with Gasteiger partial charge in [0.05, 0.1) is 18.0 Å². The molecule has 1 aliphatic heterocycles. The summed E-state index contributed by atoms with van der Waals surface area (Å²) in [5.41, 5.74) is 2.36. The first kappa shape index (κ1) is 15.6. The zero-order valence-electron chi connectivity index (χ0n) is 11.1. The average Bonchev–Trinajstić information content (AvgIpc) is 2.73. The first-order valence-corrected chi connectivity index (χ1v) is 9.42. The van der Waals surface area contributed by atoms with Crippen molar-refractivity contribution in [1.82, 2.24) is 0 Å². The molecule has 2 aromatic rings. The second-order valence-corrected chi connectivity index (χ2v) is 7.80. The summed E-state index contributed by atoms with van der Waals surface area (Å²) in [5, 5.41) is 0. The molecule has 0 saturated heterocycles. The van der Waals surface area contributed by atoms with Crippen molar-refractivity contribution in [2.24, 2.45) is 0 Å². The molecular formula is C16H13Br2IO2. The maximum atomic E-state index is 5.77. The van der Waals surface area contributed by atoms with Crippen LogP contribution in [0.15, 0.2) is 40.9 Å². The summed E-state index contributed by atoms with van der Waals surface area (Å²) in [6, 6.07) is 12.5. The highest BCUT2D eigenvalue weighted by molar-refractivity contribution is 14.1. The molecular weight excluding hydrogens is 511 g/mol. The Kier molecular flexibility index (Phi) is 5.11. The minimum absolute atomic E-state index is 0.110. The normalized spacial score (nSPS) is 15.4. The molecule has 1 atom stereocenters. The van der Waals surface area contributed by atoms with Gasteiger partial charge in [-0.15, -0.1) is 0 Å². The van der Waals surface area contributed by atoms with Crippen molar-refractivity contribution in [3.8, 4) is 11.5 Å². The SMILES string of the molecule is Brc1ccc(I)cc1C(Br)c1ccc2c(c1)OCCCO2. The maximum absolute atomic E-state index is 5.77. The van der Waals surface area contributed by atoms with Crippen molar-refractivity contribution in [3.05, 3.63) is 55.6 Å². The molecule has 0 amide bonds. The van der Waals surface area contributed by atoms with E-state index in [0.717, 1.165) is 28.0 Å². The van der Waals surface area contributed by atoms with Crippen LogP contribution in [-0.4, -0.2) is 13.2 Å². The number of fused-ring (bicyclic) bond motifs is 1. The molecule has 0 radical (unpaired) electrons. The van der Waals surface area contributed by atoms with Gasteiger partial charge in [0.2, 0.25) is 0 Å². The molecule has 1 aliphatic rings. The predicted molar refractivity (Wildman–Crippen MR) is 99.7 cm³/mol. The Hall–Kier alpha value is -0.270. The number of rotatable bonds is 2. The van der Waals surface area contributed by atoms with Crippen molar-refractivity contribution in [3.63, 3.8) is 0 Å². The summed E-state index contributed by atoms with van der Waals surface area (Å²) in [5.74, 6) is 1.66. The number of ether oxygens (including phenoxy) is 2. The van der Waals surface area contributed by atoms with E-state index in [1.165, 1.54) is 9.13 Å². The third-order valence-electron chi connectivity index (χ3n) is 3.30. The Balaban J connectivity index is 1.96. The number of hydrogen-bond acceptors (Lipinski definition) is 2. The molecule has 0 spiro atoms. The third kappa shape index (κ3) is 3.56. The summed E-state index contributed by atoms with van der Waals surface area (Å²) in [6.45, 7) is 1.42. The van der Waals surface area contributed by atoms with Crippen molar-refractivity contribution < 1.29 is 9.47 Å². The molecule has 0 fully saturated rings. The Morgan fingerprint density at radius 2 is 1.76 bits per heavy atom. The summed E-state index contributed by atoms with van der Waals surface area (Å²) in [7, 11) is 0. The van der Waals surface area contributed by atoms with Crippen LogP contribution in [0.5, 0.6) is 11.5 Å². The van der Waals surface area contributed by atoms with Crippen LogP contribution >= 0.6 is 54.5 Å². The second-order valence-electron chi connectivity index (χ2n) is 4.79. The summed E-state index contributed by atoms with van der Waals surface area (Å²) >= 11 is 9.75. The number of alkyl halides is 1. The van der Waals surface area contributed by atoms with E-state index in [1.807, 2.05) is 6.07 Å². The highest BCUT2D eigenvalue weighted by Crippen LogP contribution is 2.40. The average molecular weight is 524 g/mol. The van der Waals surface area contributed by atoms with E-state index in [4.69, 9.17) is 9.47 Å². The quantitative estimate of drug-likeness (QED) is 0.371. The van der Waals surface area contributed by atoms with E-state index in [0.29, 0.717) is 13.2 Å². The van der Waals surface area contributed by atoms with Gasteiger partial charge in [-0.05, 0) is 64.0 Å². The minimum atomic E-state index is 0.110. The van der Waals surface area contributed by atoms with Gasteiger partial charge in [-0.1, -0.05) is 37.9 Å². The van der Waals surface area contributed by atoms with Gasteiger partial charge in [0.25, 0.3) is 0 Å². The summed E-state index contributed by atoms with van der Waals surface area (Å²) in [6.07, 6.45) is 0.921. The van der Waals surface area contributed by atoms with Gasteiger partial charge in [-0.25, -0.2) is 0 Å². The van der Waals surface area contributed by atoms with Gasteiger partial charge in [-0.3, -0.25) is 0 Å². The molecule has 0 aliphatic carbocycles. The zero-order chi connectivity index (χ0) is 14.8. The number of benzene rings is 2. The minimum Gasteiger partial charge on any atom is -0.490 e. The van der Waals surface area contributed by atoms with Gasteiger partial charge in [0.15, 0.2) is 11.5 Å². The molecule has 3 rings (SSSR count). The molecule has 110 valence electrons. The third-order valence-corrected chi connectivity index (χ3v) is 5.71. The fraction of sp³-hybridized carbons (Fsp3) is 0.250. The van der Waals surface area contributed by atoms with E-state index in [-0.39, 0.29) is 4.83 Å². The summed E-state index contributed by atoms with van der Waals surface area (Å²) in [4.78, 5) is 0.110. The molecule has 0 N–H and O–H groups in total. The first-order valence-electron chi connectivity index (χ1n) is 6.64. The molecule has 2 nitrogen and oxygen atoms in total. The molecule has 2 aromatic carbocycles. The summed E-state index contributed by atoms with van der Waals surface area (Å²) < 4.78 is 13.8. The van der Waals surface area contributed by atoms with Gasteiger partial charge < -0.3 is 9.47 Å². The van der Waals surface area contributed by atoms with E-state index < -0.39 is 0 Å². The van der Waals surface area contributed by atoms with Gasteiger partial charge >= 0.3 is 0 Å². The van der Waals surface area contributed by atoms with Crippen LogP contribution < -0.4 is 9.47 Å². The van der Waals surface area contributed by atoms with Crippen LogP contribution in [0, 0.1) is 3.57 Å². The van der Waals surface area contributed by atoms with E-state index in [9.17, 15) is 0 Å². The molecule has 21 heavy (non-hydrogen) atoms. The molecule has 0 bridgehead atoms. The van der Waals surface area contributed by atoms with Crippen molar-refractivity contribution in [2.75, 3.05) is 13.2 Å². The fourth-order valence-electron chi connectivity index (χ4n) is 2.23. The molecule has 1 heterocycles. The van der Waals surface area contributed by atoms with Crippen molar-refractivity contribution >= 4 is 54.5 Å². The van der Waals surface area contributed by atoms with Crippen LogP contribution in [0.25, 0.3) is 0 Å². The highest BCUT2D eigenvalue weighted by atomic mass is 127. The maximum Gasteiger partial charge on any atom is 0.161 e. The molecule has 0 saturated carbocycles. The topological polar surface area (TPSA) is 18.5 Å². The smallest absolute Gasteiger partial charge is 0.161 e. The zero-order valence-corrected chi connectivity index (χ0v) is 16.4. The van der Waals surface area contributed by atoms with Gasteiger partial charge in [0, 0.05) is 14.5 Å². The van der Waals surface area contributed by atoms with Crippen LogP contribution in [0.3, 0.4) is 0 Å². The standard InChI is InChI=1S/C16H13Br2IO2/c17-13-4-3-11(19)9-12(13)16(18)10-2-5-14-15(8-10)21-7-1-6-20-14/h2-5,8-9,16H,1,6-7H2. The Labute approximate surface area is 154 Å².